The van der Waals surface area contributed by atoms with Crippen LogP contribution in [0.25, 0.3) is 0 Å². The van der Waals surface area contributed by atoms with Crippen LogP contribution in [-0.2, 0) is 10.0 Å². The fraction of sp³-hybridized carbons (Fsp3) is 0.364. The third-order valence-electron chi connectivity index (χ3n) is 2.43. The average molecular weight is 289 g/mol. The van der Waals surface area contributed by atoms with Crippen LogP contribution in [0.4, 0.5) is 0 Å². The molecule has 106 valence electrons. The van der Waals surface area contributed by atoms with Crippen molar-refractivity contribution in [1.29, 1.82) is 0 Å². The molecule has 1 rings (SSSR count). The highest BCUT2D eigenvalue weighted by Gasteiger charge is 2.28. The van der Waals surface area contributed by atoms with Crippen molar-refractivity contribution in [2.45, 2.75) is 4.90 Å². The highest BCUT2D eigenvalue weighted by Crippen LogP contribution is 2.20. The number of hydrogen-bond donors (Lipinski definition) is 3. The van der Waals surface area contributed by atoms with Crippen molar-refractivity contribution in [3.05, 3.63) is 29.8 Å². The molecule has 0 aromatic heterocycles. The van der Waals surface area contributed by atoms with E-state index >= 15 is 0 Å². The molecule has 7 nitrogen and oxygen atoms in total. The Morgan fingerprint density at radius 2 is 1.63 bits per heavy atom. The van der Waals surface area contributed by atoms with E-state index in [1.54, 1.807) is 0 Å². The number of sulfonamides is 1. The van der Waals surface area contributed by atoms with Gasteiger partial charge < -0.3 is 15.3 Å². The molecule has 3 N–H and O–H groups in total. The van der Waals surface area contributed by atoms with E-state index in [4.69, 9.17) is 15.3 Å². The lowest BCUT2D eigenvalue weighted by Gasteiger charge is -2.21. The quantitative estimate of drug-likeness (QED) is 0.615. The minimum absolute atomic E-state index is 0.211. The molecule has 0 aliphatic heterocycles. The van der Waals surface area contributed by atoms with Crippen LogP contribution in [0.2, 0.25) is 0 Å². The van der Waals surface area contributed by atoms with Crippen molar-refractivity contribution >= 4 is 16.0 Å². The normalized spacial score (nSPS) is 11.7. The zero-order valence-electron chi connectivity index (χ0n) is 10.1. The predicted molar refractivity (Wildman–Crippen MR) is 66.3 cm³/mol. The van der Waals surface area contributed by atoms with E-state index in [0.29, 0.717) is 0 Å². The van der Waals surface area contributed by atoms with Gasteiger partial charge in [-0.2, -0.15) is 4.31 Å². The molecule has 0 saturated carbocycles. The van der Waals surface area contributed by atoms with Gasteiger partial charge in [-0.3, -0.25) is 0 Å². The fourth-order valence-corrected chi connectivity index (χ4v) is 3.19. The van der Waals surface area contributed by atoms with Crippen molar-refractivity contribution in [3.8, 4) is 0 Å². The highest BCUT2D eigenvalue weighted by molar-refractivity contribution is 7.89. The first-order valence-electron chi connectivity index (χ1n) is 5.49. The molecule has 0 aliphatic rings. The molecule has 0 heterocycles. The van der Waals surface area contributed by atoms with Crippen LogP contribution >= 0.6 is 0 Å². The Morgan fingerprint density at radius 3 is 2.11 bits per heavy atom. The summed E-state index contributed by atoms with van der Waals surface area (Å²) >= 11 is 0. The molecule has 0 radical (unpaired) electrons. The second kappa shape index (κ2) is 6.62. The maximum absolute atomic E-state index is 12.3. The van der Waals surface area contributed by atoms with Crippen LogP contribution in [0, 0.1) is 0 Å². The van der Waals surface area contributed by atoms with Crippen molar-refractivity contribution in [3.63, 3.8) is 0 Å². The first-order chi connectivity index (χ1) is 8.95. The SMILES string of the molecule is O=C(O)c1ccccc1S(=O)(=O)N(CCO)CCO. The summed E-state index contributed by atoms with van der Waals surface area (Å²) in [5.74, 6) is -1.35. The topological polar surface area (TPSA) is 115 Å². The summed E-state index contributed by atoms with van der Waals surface area (Å²) in [7, 11) is -4.07. The van der Waals surface area contributed by atoms with Gasteiger partial charge in [0.05, 0.1) is 23.7 Å². The van der Waals surface area contributed by atoms with E-state index in [9.17, 15) is 13.2 Å². The number of carboxylic acid groups (broad SMARTS) is 1. The van der Waals surface area contributed by atoms with Gasteiger partial charge in [0.1, 0.15) is 0 Å². The number of nitrogens with zero attached hydrogens (tertiary/aromatic N) is 1. The number of rotatable bonds is 7. The molecule has 0 aliphatic carbocycles. The lowest BCUT2D eigenvalue weighted by atomic mass is 10.2. The molecule has 0 spiro atoms. The third-order valence-corrected chi connectivity index (χ3v) is 4.39. The zero-order valence-corrected chi connectivity index (χ0v) is 10.9. The summed E-state index contributed by atoms with van der Waals surface area (Å²) in [4.78, 5) is 10.7. The van der Waals surface area contributed by atoms with Crippen LogP contribution < -0.4 is 0 Å². The van der Waals surface area contributed by atoms with Crippen molar-refractivity contribution < 1.29 is 28.5 Å². The third kappa shape index (κ3) is 3.51. The Kier molecular flexibility index (Phi) is 5.43. The highest BCUT2D eigenvalue weighted by atomic mass is 32.2. The molecule has 0 bridgehead atoms. The van der Waals surface area contributed by atoms with Crippen molar-refractivity contribution in [2.75, 3.05) is 26.3 Å². The van der Waals surface area contributed by atoms with Crippen LogP contribution in [0.3, 0.4) is 0 Å². The molecule has 0 atom stereocenters. The summed E-state index contributed by atoms with van der Waals surface area (Å²) in [6.07, 6.45) is 0. The number of carbonyl (C=O) groups is 1. The second-order valence-electron chi connectivity index (χ2n) is 3.65. The molecular weight excluding hydrogens is 274 g/mol. The Hall–Kier alpha value is -1.48. The Labute approximate surface area is 110 Å². The fourth-order valence-electron chi connectivity index (χ4n) is 1.58. The van der Waals surface area contributed by atoms with Gasteiger partial charge in [-0.25, -0.2) is 13.2 Å². The molecule has 0 amide bonds. The van der Waals surface area contributed by atoms with Crippen LogP contribution in [-0.4, -0.2) is 60.3 Å². The van der Waals surface area contributed by atoms with E-state index in [-0.39, 0.29) is 23.5 Å². The van der Waals surface area contributed by atoms with Gasteiger partial charge in [0, 0.05) is 13.1 Å². The average Bonchev–Trinajstić information content (AvgIpc) is 2.38. The van der Waals surface area contributed by atoms with E-state index in [1.165, 1.54) is 24.3 Å². The Balaban J connectivity index is 3.29. The lowest BCUT2D eigenvalue weighted by molar-refractivity contribution is 0.0692. The summed E-state index contributed by atoms with van der Waals surface area (Å²) in [6.45, 7) is -1.27. The molecule has 0 fully saturated rings. The molecule has 0 saturated heterocycles. The van der Waals surface area contributed by atoms with Crippen LogP contribution in [0.1, 0.15) is 10.4 Å². The van der Waals surface area contributed by atoms with Crippen molar-refractivity contribution in [2.24, 2.45) is 0 Å². The first-order valence-corrected chi connectivity index (χ1v) is 6.93. The molecule has 19 heavy (non-hydrogen) atoms. The molecule has 0 unspecified atom stereocenters. The minimum Gasteiger partial charge on any atom is -0.478 e. The van der Waals surface area contributed by atoms with E-state index in [2.05, 4.69) is 0 Å². The number of benzene rings is 1. The van der Waals surface area contributed by atoms with E-state index in [1.807, 2.05) is 0 Å². The predicted octanol–water partition coefficient (Wildman–Crippen LogP) is -0.640. The van der Waals surface area contributed by atoms with Gasteiger partial charge in [-0.05, 0) is 12.1 Å². The van der Waals surface area contributed by atoms with Gasteiger partial charge in [-0.15, -0.1) is 0 Å². The smallest absolute Gasteiger partial charge is 0.337 e. The number of aromatic carboxylic acids is 1. The molecule has 1 aromatic rings. The van der Waals surface area contributed by atoms with Crippen LogP contribution in [0.5, 0.6) is 0 Å². The summed E-state index contributed by atoms with van der Waals surface area (Å²) in [5, 5.41) is 26.7. The molecule has 8 heteroatoms. The number of aliphatic hydroxyl groups is 2. The van der Waals surface area contributed by atoms with Gasteiger partial charge in [0.2, 0.25) is 10.0 Å². The number of aliphatic hydroxyl groups excluding tert-OH is 2. The number of carboxylic acids is 1. The molecular formula is C11H15NO6S. The molecule has 1 aromatic carbocycles. The van der Waals surface area contributed by atoms with E-state index in [0.717, 1.165) is 4.31 Å². The Morgan fingerprint density at radius 1 is 1.11 bits per heavy atom. The summed E-state index contributed by atoms with van der Waals surface area (Å²) in [6, 6.07) is 5.20. The maximum Gasteiger partial charge on any atom is 0.337 e. The largest absolute Gasteiger partial charge is 0.478 e. The van der Waals surface area contributed by atoms with Crippen molar-refractivity contribution in [1.82, 2.24) is 4.31 Å². The van der Waals surface area contributed by atoms with Gasteiger partial charge in [0.15, 0.2) is 0 Å². The maximum atomic E-state index is 12.3. The first kappa shape index (κ1) is 15.6. The van der Waals surface area contributed by atoms with Crippen LogP contribution in [0.15, 0.2) is 29.2 Å². The van der Waals surface area contributed by atoms with Gasteiger partial charge >= 0.3 is 5.97 Å². The number of hydrogen-bond acceptors (Lipinski definition) is 5. The Bertz CT molecular complexity index is 536. The summed E-state index contributed by atoms with van der Waals surface area (Å²) in [5.41, 5.74) is -0.344. The summed E-state index contributed by atoms with van der Waals surface area (Å²) < 4.78 is 25.4. The van der Waals surface area contributed by atoms with E-state index < -0.39 is 29.2 Å². The van der Waals surface area contributed by atoms with Gasteiger partial charge in [0.25, 0.3) is 0 Å². The zero-order chi connectivity index (χ0) is 14.5. The standard InChI is InChI=1S/C11H15NO6S/c13-7-5-12(6-8-14)19(17,18)10-4-2-1-3-9(10)11(15)16/h1-4,13-14H,5-8H2,(H,15,16). The second-order valence-corrected chi connectivity index (χ2v) is 5.56. The monoisotopic (exact) mass is 289 g/mol. The minimum atomic E-state index is -4.07. The van der Waals surface area contributed by atoms with Gasteiger partial charge in [-0.1, -0.05) is 12.1 Å². The lowest BCUT2D eigenvalue weighted by Crippen LogP contribution is -2.36.